The molecule has 4 heteroatoms. The van der Waals surface area contributed by atoms with Gasteiger partial charge in [0.05, 0.1) is 5.56 Å². The van der Waals surface area contributed by atoms with E-state index in [2.05, 4.69) is 21.8 Å². The molecule has 1 aromatic heterocycles. The van der Waals surface area contributed by atoms with Crippen LogP contribution in [0.1, 0.15) is 29.6 Å². The highest BCUT2D eigenvalue weighted by atomic mass is 16.1. The summed E-state index contributed by atoms with van der Waals surface area (Å²) in [5, 5.41) is 0. The molecule has 2 atom stereocenters. The molecule has 4 nitrogen and oxygen atoms in total. The number of nitrogens with zero attached hydrogens (tertiary/aromatic N) is 3. The topological polar surface area (TPSA) is 36.4 Å². The highest BCUT2D eigenvalue weighted by molar-refractivity contribution is 5.82. The number of aldehydes is 1. The minimum atomic E-state index is 0.713. The van der Waals surface area contributed by atoms with E-state index in [1.807, 2.05) is 12.1 Å². The van der Waals surface area contributed by atoms with Crippen molar-refractivity contribution in [2.75, 3.05) is 31.6 Å². The van der Waals surface area contributed by atoms with Gasteiger partial charge in [0.2, 0.25) is 0 Å². The van der Waals surface area contributed by atoms with E-state index in [1.54, 1.807) is 6.20 Å². The lowest BCUT2D eigenvalue weighted by Crippen LogP contribution is -2.53. The van der Waals surface area contributed by atoms with Crippen molar-refractivity contribution in [2.24, 2.45) is 5.92 Å². The number of hydrogen-bond donors (Lipinski definition) is 0. The van der Waals surface area contributed by atoms with Crippen molar-refractivity contribution in [3.63, 3.8) is 0 Å². The molecular weight excluding hydrogens is 238 g/mol. The lowest BCUT2D eigenvalue weighted by Gasteiger charge is -2.46. The minimum absolute atomic E-state index is 0.713. The third kappa shape index (κ3) is 2.37. The second kappa shape index (κ2) is 5.29. The van der Waals surface area contributed by atoms with Gasteiger partial charge in [-0.25, -0.2) is 4.98 Å². The molecular formula is C15H21N3O. The van der Waals surface area contributed by atoms with Crippen LogP contribution in [0.15, 0.2) is 18.3 Å². The van der Waals surface area contributed by atoms with Crippen LogP contribution >= 0.6 is 0 Å². The number of carbonyl (C=O) groups excluding carboxylic acids is 1. The Morgan fingerprint density at radius 3 is 3.11 bits per heavy atom. The smallest absolute Gasteiger partial charge is 0.153 e. The molecule has 2 saturated heterocycles. The Morgan fingerprint density at radius 1 is 1.37 bits per heavy atom. The summed E-state index contributed by atoms with van der Waals surface area (Å²) in [7, 11) is 2.24. The second-order valence-corrected chi connectivity index (χ2v) is 5.72. The van der Waals surface area contributed by atoms with Crippen LogP contribution in [0, 0.1) is 5.92 Å². The van der Waals surface area contributed by atoms with Crippen molar-refractivity contribution in [1.82, 2.24) is 9.88 Å². The van der Waals surface area contributed by atoms with E-state index in [9.17, 15) is 4.79 Å². The van der Waals surface area contributed by atoms with Crippen LogP contribution in [0.4, 0.5) is 5.82 Å². The van der Waals surface area contributed by atoms with E-state index in [0.29, 0.717) is 17.5 Å². The van der Waals surface area contributed by atoms with Gasteiger partial charge in [-0.05, 0) is 50.9 Å². The van der Waals surface area contributed by atoms with Crippen LogP contribution in [0.25, 0.3) is 0 Å². The number of pyridine rings is 1. The Labute approximate surface area is 114 Å². The van der Waals surface area contributed by atoms with Crippen LogP contribution in [0.3, 0.4) is 0 Å². The van der Waals surface area contributed by atoms with Crippen molar-refractivity contribution in [3.05, 3.63) is 23.9 Å². The summed E-state index contributed by atoms with van der Waals surface area (Å²) < 4.78 is 0. The summed E-state index contributed by atoms with van der Waals surface area (Å²) in [5.74, 6) is 1.58. The maximum Gasteiger partial charge on any atom is 0.153 e. The molecule has 102 valence electrons. The number of anilines is 1. The first-order valence-corrected chi connectivity index (χ1v) is 7.15. The van der Waals surface area contributed by atoms with Crippen molar-refractivity contribution in [2.45, 2.75) is 25.3 Å². The first kappa shape index (κ1) is 12.6. The SMILES string of the molecule is CN1CCCC2CN(c3ncccc3C=O)CCC21. The highest BCUT2D eigenvalue weighted by Crippen LogP contribution is 2.31. The summed E-state index contributed by atoms with van der Waals surface area (Å²) >= 11 is 0. The van der Waals surface area contributed by atoms with E-state index in [4.69, 9.17) is 0 Å². The average Bonchev–Trinajstić information content (AvgIpc) is 2.47. The summed E-state index contributed by atoms with van der Waals surface area (Å²) in [6, 6.07) is 4.40. The molecule has 19 heavy (non-hydrogen) atoms. The Balaban J connectivity index is 1.79. The largest absolute Gasteiger partial charge is 0.356 e. The Kier molecular flexibility index (Phi) is 3.51. The van der Waals surface area contributed by atoms with Crippen LogP contribution < -0.4 is 4.90 Å². The summed E-state index contributed by atoms with van der Waals surface area (Å²) in [6.45, 7) is 3.26. The number of likely N-dealkylation sites (tertiary alicyclic amines) is 1. The van der Waals surface area contributed by atoms with E-state index >= 15 is 0 Å². The van der Waals surface area contributed by atoms with Crippen molar-refractivity contribution in [3.8, 4) is 0 Å². The number of aromatic nitrogens is 1. The average molecular weight is 259 g/mol. The Morgan fingerprint density at radius 2 is 2.26 bits per heavy atom. The van der Waals surface area contributed by atoms with E-state index < -0.39 is 0 Å². The van der Waals surface area contributed by atoms with Gasteiger partial charge in [-0.15, -0.1) is 0 Å². The van der Waals surface area contributed by atoms with Gasteiger partial charge in [0, 0.05) is 25.3 Å². The van der Waals surface area contributed by atoms with Crippen molar-refractivity contribution >= 4 is 12.1 Å². The molecule has 2 aliphatic heterocycles. The molecule has 0 bridgehead atoms. The highest BCUT2D eigenvalue weighted by Gasteiger charge is 2.34. The standard InChI is InChI=1S/C15H21N3O/c1-17-8-3-5-12-10-18(9-6-14(12)17)15-13(11-19)4-2-7-16-15/h2,4,7,11-12,14H,3,5-6,8-10H2,1H3. The van der Waals surface area contributed by atoms with Gasteiger partial charge < -0.3 is 9.80 Å². The number of hydrogen-bond acceptors (Lipinski definition) is 4. The predicted octanol–water partition coefficient (Wildman–Crippen LogP) is 1.81. The lowest BCUT2D eigenvalue weighted by atomic mass is 9.84. The normalized spacial score (nSPS) is 27.9. The number of fused-ring (bicyclic) bond motifs is 1. The van der Waals surface area contributed by atoms with Crippen molar-refractivity contribution in [1.29, 1.82) is 0 Å². The number of carbonyl (C=O) groups is 1. The van der Waals surface area contributed by atoms with E-state index in [-0.39, 0.29) is 0 Å². The maximum absolute atomic E-state index is 11.1. The molecule has 2 fully saturated rings. The Bertz CT molecular complexity index is 462. The molecule has 1 aromatic rings. The van der Waals surface area contributed by atoms with Gasteiger partial charge in [-0.3, -0.25) is 4.79 Å². The summed E-state index contributed by atoms with van der Waals surface area (Å²) in [4.78, 5) is 20.3. The number of rotatable bonds is 2. The van der Waals surface area contributed by atoms with Crippen LogP contribution in [-0.4, -0.2) is 48.9 Å². The molecule has 0 spiro atoms. The van der Waals surface area contributed by atoms with Gasteiger partial charge in [0.25, 0.3) is 0 Å². The molecule has 3 rings (SSSR count). The molecule has 0 aromatic carbocycles. The van der Waals surface area contributed by atoms with Crippen molar-refractivity contribution < 1.29 is 4.79 Å². The van der Waals surface area contributed by atoms with E-state index in [1.165, 1.54) is 25.8 Å². The first-order chi connectivity index (χ1) is 9.29. The fourth-order valence-electron chi connectivity index (χ4n) is 3.61. The summed E-state index contributed by atoms with van der Waals surface area (Å²) in [5.41, 5.74) is 0.713. The third-order valence-corrected chi connectivity index (χ3v) is 4.59. The number of piperidine rings is 2. The quantitative estimate of drug-likeness (QED) is 0.759. The second-order valence-electron chi connectivity index (χ2n) is 5.72. The molecule has 0 aliphatic carbocycles. The third-order valence-electron chi connectivity index (χ3n) is 4.59. The molecule has 0 N–H and O–H groups in total. The first-order valence-electron chi connectivity index (χ1n) is 7.15. The predicted molar refractivity (Wildman–Crippen MR) is 75.6 cm³/mol. The maximum atomic E-state index is 11.1. The fraction of sp³-hybridized carbons (Fsp3) is 0.600. The van der Waals surface area contributed by atoms with Gasteiger partial charge in [-0.2, -0.15) is 0 Å². The van der Waals surface area contributed by atoms with Gasteiger partial charge in [0.15, 0.2) is 6.29 Å². The van der Waals surface area contributed by atoms with E-state index in [0.717, 1.165) is 25.2 Å². The van der Waals surface area contributed by atoms with Gasteiger partial charge >= 0.3 is 0 Å². The lowest BCUT2D eigenvalue weighted by molar-refractivity contribution is 0.102. The molecule has 2 aliphatic rings. The zero-order chi connectivity index (χ0) is 13.2. The Hall–Kier alpha value is -1.42. The molecule has 2 unspecified atom stereocenters. The van der Waals surface area contributed by atoms with Crippen LogP contribution in [0.5, 0.6) is 0 Å². The zero-order valence-electron chi connectivity index (χ0n) is 11.5. The van der Waals surface area contributed by atoms with Crippen LogP contribution in [-0.2, 0) is 0 Å². The molecule has 3 heterocycles. The van der Waals surface area contributed by atoms with Gasteiger partial charge in [-0.1, -0.05) is 0 Å². The molecule has 0 saturated carbocycles. The summed E-state index contributed by atoms with van der Waals surface area (Å²) in [6.07, 6.45) is 6.46. The molecule has 0 amide bonds. The monoisotopic (exact) mass is 259 g/mol. The van der Waals surface area contributed by atoms with Crippen LogP contribution in [0.2, 0.25) is 0 Å². The fourth-order valence-corrected chi connectivity index (χ4v) is 3.61. The minimum Gasteiger partial charge on any atom is -0.356 e. The zero-order valence-corrected chi connectivity index (χ0v) is 11.5. The molecule has 0 radical (unpaired) electrons. The van der Waals surface area contributed by atoms with Gasteiger partial charge in [0.1, 0.15) is 5.82 Å².